The van der Waals surface area contributed by atoms with Gasteiger partial charge in [0.25, 0.3) is 0 Å². The van der Waals surface area contributed by atoms with Gasteiger partial charge < -0.3 is 5.73 Å². The average molecular weight is 228 g/mol. The Morgan fingerprint density at radius 1 is 1.12 bits per heavy atom. The minimum Gasteiger partial charge on any atom is -0.321 e. The van der Waals surface area contributed by atoms with Crippen LogP contribution in [-0.4, -0.2) is 15.0 Å². The fourth-order valence-corrected chi connectivity index (χ4v) is 1.54. The van der Waals surface area contributed by atoms with Gasteiger partial charge in [-0.1, -0.05) is 6.07 Å². The van der Waals surface area contributed by atoms with Gasteiger partial charge >= 0.3 is 0 Å². The second-order valence-electron chi connectivity index (χ2n) is 4.62. The molecule has 88 valence electrons. The molecule has 0 aromatic carbocycles. The predicted octanol–water partition coefficient (Wildman–Crippen LogP) is 2.04. The average Bonchev–Trinajstić information content (AvgIpc) is 2.28. The lowest BCUT2D eigenvalue weighted by Crippen LogP contribution is -2.30. The number of hydrogen-bond acceptors (Lipinski definition) is 4. The van der Waals surface area contributed by atoms with Crippen molar-refractivity contribution < 1.29 is 0 Å². The molecule has 0 spiro atoms. The summed E-state index contributed by atoms with van der Waals surface area (Å²) in [5, 5.41) is 0. The number of aryl methyl sites for hydroxylation is 1. The lowest BCUT2D eigenvalue weighted by atomic mass is 10.0. The number of hydrogen-bond donors (Lipinski definition) is 1. The maximum Gasteiger partial charge on any atom is 0.126 e. The van der Waals surface area contributed by atoms with Crippen molar-refractivity contribution in [1.82, 2.24) is 15.0 Å². The van der Waals surface area contributed by atoms with Crippen molar-refractivity contribution in [2.24, 2.45) is 5.73 Å². The summed E-state index contributed by atoms with van der Waals surface area (Å²) in [5.74, 6) is 0.710. The van der Waals surface area contributed by atoms with Crippen LogP contribution in [0.3, 0.4) is 0 Å². The number of rotatable bonds is 2. The summed E-state index contributed by atoms with van der Waals surface area (Å²) < 4.78 is 0. The first-order valence-electron chi connectivity index (χ1n) is 5.53. The van der Waals surface area contributed by atoms with Crippen molar-refractivity contribution in [3.8, 4) is 11.4 Å². The minimum absolute atomic E-state index is 0.475. The number of pyridine rings is 1. The SMILES string of the molecule is Cc1nc(-c2ccccn2)cc(C(C)(C)N)n1. The van der Waals surface area contributed by atoms with Crippen LogP contribution >= 0.6 is 0 Å². The summed E-state index contributed by atoms with van der Waals surface area (Å²) in [7, 11) is 0. The molecule has 0 unspecified atom stereocenters. The smallest absolute Gasteiger partial charge is 0.126 e. The lowest BCUT2D eigenvalue weighted by molar-refractivity contribution is 0.531. The molecule has 0 saturated carbocycles. The summed E-state index contributed by atoms with van der Waals surface area (Å²) in [6.07, 6.45) is 1.75. The third kappa shape index (κ3) is 2.65. The summed E-state index contributed by atoms with van der Waals surface area (Å²) in [4.78, 5) is 13.0. The Morgan fingerprint density at radius 3 is 2.47 bits per heavy atom. The monoisotopic (exact) mass is 228 g/mol. The topological polar surface area (TPSA) is 64.7 Å². The van der Waals surface area contributed by atoms with Gasteiger partial charge in [-0.25, -0.2) is 9.97 Å². The highest BCUT2D eigenvalue weighted by molar-refractivity contribution is 5.54. The Balaban J connectivity index is 2.54. The molecule has 0 fully saturated rings. The molecule has 17 heavy (non-hydrogen) atoms. The maximum atomic E-state index is 6.06. The highest BCUT2D eigenvalue weighted by Crippen LogP contribution is 2.20. The molecule has 0 radical (unpaired) electrons. The third-order valence-corrected chi connectivity index (χ3v) is 2.43. The van der Waals surface area contributed by atoms with E-state index in [-0.39, 0.29) is 0 Å². The normalized spacial score (nSPS) is 11.5. The molecule has 2 heterocycles. The van der Waals surface area contributed by atoms with Gasteiger partial charge in [0.15, 0.2) is 0 Å². The van der Waals surface area contributed by atoms with Crippen LogP contribution in [0.25, 0.3) is 11.4 Å². The molecule has 0 aliphatic carbocycles. The molecule has 0 saturated heterocycles. The predicted molar refractivity (Wildman–Crippen MR) is 67.2 cm³/mol. The molecule has 0 atom stereocenters. The Bertz CT molecular complexity index is 515. The first-order chi connectivity index (χ1) is 7.97. The first kappa shape index (κ1) is 11.7. The molecule has 0 aliphatic heterocycles. The van der Waals surface area contributed by atoms with Crippen molar-refractivity contribution in [3.63, 3.8) is 0 Å². The van der Waals surface area contributed by atoms with Gasteiger partial charge in [0.2, 0.25) is 0 Å². The van der Waals surface area contributed by atoms with Crippen molar-refractivity contribution >= 4 is 0 Å². The number of nitrogens with zero attached hydrogens (tertiary/aromatic N) is 3. The zero-order valence-corrected chi connectivity index (χ0v) is 10.3. The minimum atomic E-state index is -0.475. The van der Waals surface area contributed by atoms with E-state index in [4.69, 9.17) is 5.73 Å². The van der Waals surface area contributed by atoms with E-state index >= 15 is 0 Å². The van der Waals surface area contributed by atoms with Gasteiger partial charge in [-0.05, 0) is 39.0 Å². The molecule has 4 heteroatoms. The fourth-order valence-electron chi connectivity index (χ4n) is 1.54. The second kappa shape index (κ2) is 4.22. The van der Waals surface area contributed by atoms with Gasteiger partial charge in [-0.3, -0.25) is 4.98 Å². The maximum absolute atomic E-state index is 6.06. The van der Waals surface area contributed by atoms with E-state index < -0.39 is 5.54 Å². The van der Waals surface area contributed by atoms with E-state index in [2.05, 4.69) is 15.0 Å². The van der Waals surface area contributed by atoms with Gasteiger partial charge in [-0.2, -0.15) is 0 Å². The largest absolute Gasteiger partial charge is 0.321 e. The third-order valence-electron chi connectivity index (χ3n) is 2.43. The zero-order chi connectivity index (χ0) is 12.5. The molecule has 0 amide bonds. The Labute approximate surface area is 101 Å². The lowest BCUT2D eigenvalue weighted by Gasteiger charge is -2.18. The molecular formula is C13H16N4. The van der Waals surface area contributed by atoms with Crippen LogP contribution in [0.15, 0.2) is 30.5 Å². The van der Waals surface area contributed by atoms with Gasteiger partial charge in [0, 0.05) is 6.20 Å². The van der Waals surface area contributed by atoms with Gasteiger partial charge in [-0.15, -0.1) is 0 Å². The van der Waals surface area contributed by atoms with Gasteiger partial charge in [0.05, 0.1) is 22.6 Å². The molecule has 0 bridgehead atoms. The Kier molecular flexibility index (Phi) is 2.90. The van der Waals surface area contributed by atoms with Crippen LogP contribution in [0.5, 0.6) is 0 Å². The van der Waals surface area contributed by atoms with Crippen molar-refractivity contribution in [2.45, 2.75) is 26.3 Å². The van der Waals surface area contributed by atoms with Crippen LogP contribution < -0.4 is 5.73 Å². The Morgan fingerprint density at radius 2 is 1.88 bits per heavy atom. The van der Waals surface area contributed by atoms with Crippen molar-refractivity contribution in [2.75, 3.05) is 0 Å². The fraction of sp³-hybridized carbons (Fsp3) is 0.308. The highest BCUT2D eigenvalue weighted by Gasteiger charge is 2.18. The summed E-state index contributed by atoms with van der Waals surface area (Å²) in [6, 6.07) is 7.64. The van der Waals surface area contributed by atoms with E-state index in [0.717, 1.165) is 17.1 Å². The van der Waals surface area contributed by atoms with Crippen molar-refractivity contribution in [1.29, 1.82) is 0 Å². The van der Waals surface area contributed by atoms with Gasteiger partial charge in [0.1, 0.15) is 5.82 Å². The second-order valence-corrected chi connectivity index (χ2v) is 4.62. The molecule has 2 rings (SSSR count). The van der Waals surface area contributed by atoms with E-state index in [9.17, 15) is 0 Å². The van der Waals surface area contributed by atoms with Crippen LogP contribution in [0.4, 0.5) is 0 Å². The molecule has 0 aliphatic rings. The standard InChI is InChI=1S/C13H16N4/c1-9-16-11(10-6-4-5-7-15-10)8-12(17-9)13(2,3)14/h4-8H,14H2,1-3H3. The molecular weight excluding hydrogens is 212 g/mol. The molecule has 2 N–H and O–H groups in total. The highest BCUT2D eigenvalue weighted by atomic mass is 14.9. The molecule has 2 aromatic rings. The van der Waals surface area contributed by atoms with E-state index in [1.165, 1.54) is 0 Å². The quantitative estimate of drug-likeness (QED) is 0.854. The Hall–Kier alpha value is -1.81. The summed E-state index contributed by atoms with van der Waals surface area (Å²) >= 11 is 0. The van der Waals surface area contributed by atoms with Crippen LogP contribution in [0.2, 0.25) is 0 Å². The molecule has 2 aromatic heterocycles. The first-order valence-corrected chi connectivity index (χ1v) is 5.53. The number of nitrogens with two attached hydrogens (primary N) is 1. The van der Waals surface area contributed by atoms with E-state index in [0.29, 0.717) is 5.82 Å². The summed E-state index contributed by atoms with van der Waals surface area (Å²) in [5.41, 5.74) is 8.06. The van der Waals surface area contributed by atoms with Crippen LogP contribution in [0.1, 0.15) is 25.4 Å². The van der Waals surface area contributed by atoms with Crippen molar-refractivity contribution in [3.05, 3.63) is 42.0 Å². The van der Waals surface area contributed by atoms with E-state index in [1.54, 1.807) is 6.20 Å². The summed E-state index contributed by atoms with van der Waals surface area (Å²) in [6.45, 7) is 5.72. The molecule has 4 nitrogen and oxygen atoms in total. The van der Waals surface area contributed by atoms with Crippen LogP contribution in [-0.2, 0) is 5.54 Å². The zero-order valence-electron chi connectivity index (χ0n) is 10.3. The number of aromatic nitrogens is 3. The van der Waals surface area contributed by atoms with Crippen LogP contribution in [0, 0.1) is 6.92 Å². The van der Waals surface area contributed by atoms with E-state index in [1.807, 2.05) is 45.0 Å².